The van der Waals surface area contributed by atoms with Crippen LogP contribution in [-0.4, -0.2) is 24.4 Å². The maximum absolute atomic E-state index is 9.64. The molecule has 0 fully saturated rings. The van der Waals surface area contributed by atoms with Crippen molar-refractivity contribution in [3.05, 3.63) is 77.8 Å². The molecule has 0 bridgehead atoms. The van der Waals surface area contributed by atoms with E-state index in [1.165, 1.54) is 0 Å². The van der Waals surface area contributed by atoms with Gasteiger partial charge in [0.1, 0.15) is 5.75 Å². The molecule has 6 heteroatoms. The minimum Gasteiger partial charge on any atom is -0.508 e. The van der Waals surface area contributed by atoms with E-state index >= 15 is 0 Å². The van der Waals surface area contributed by atoms with Crippen molar-refractivity contribution in [1.29, 1.82) is 0 Å². The van der Waals surface area contributed by atoms with Crippen molar-refractivity contribution < 1.29 is 5.11 Å². The Kier molecular flexibility index (Phi) is 4.37. The number of benzene rings is 1. The fourth-order valence-corrected chi connectivity index (χ4v) is 2.75. The number of rotatable bonds is 6. The van der Waals surface area contributed by atoms with Crippen molar-refractivity contribution in [2.75, 3.05) is 0 Å². The molecule has 2 aromatic heterocycles. The Bertz CT molecular complexity index is 862. The minimum atomic E-state index is 0.257. The largest absolute Gasteiger partial charge is 0.508 e. The minimum absolute atomic E-state index is 0.257. The molecule has 0 unspecified atom stereocenters. The van der Waals surface area contributed by atoms with E-state index in [1.807, 2.05) is 36.3 Å². The van der Waals surface area contributed by atoms with E-state index in [0.717, 1.165) is 22.6 Å². The number of hydrogen-bond acceptors (Lipinski definition) is 4. The molecule has 24 heavy (non-hydrogen) atoms. The lowest BCUT2D eigenvalue weighted by molar-refractivity contribution is 0.474. The third-order valence-electron chi connectivity index (χ3n) is 3.96. The molecule has 0 saturated heterocycles. The predicted octanol–water partition coefficient (Wildman–Crippen LogP) is 1.98. The first-order valence-corrected chi connectivity index (χ1v) is 7.74. The molecule has 124 valence electrons. The SMILES string of the molecule is C=C(N)Cc1c(Cc2ccnn2C)ncn1Cc1cccc(O)c1. The van der Waals surface area contributed by atoms with E-state index < -0.39 is 0 Å². The van der Waals surface area contributed by atoms with Gasteiger partial charge >= 0.3 is 0 Å². The van der Waals surface area contributed by atoms with Gasteiger partial charge in [-0.1, -0.05) is 18.7 Å². The molecule has 3 rings (SSSR count). The molecule has 0 saturated carbocycles. The first kappa shape index (κ1) is 15.9. The van der Waals surface area contributed by atoms with Crippen LogP contribution in [0.1, 0.15) is 22.6 Å². The van der Waals surface area contributed by atoms with Gasteiger partial charge in [-0.2, -0.15) is 5.10 Å². The lowest BCUT2D eigenvalue weighted by atomic mass is 10.1. The normalized spacial score (nSPS) is 10.9. The Morgan fingerprint density at radius 1 is 1.33 bits per heavy atom. The summed E-state index contributed by atoms with van der Waals surface area (Å²) in [6, 6.07) is 9.20. The van der Waals surface area contributed by atoms with E-state index in [2.05, 4.69) is 21.2 Å². The van der Waals surface area contributed by atoms with Crippen LogP contribution in [0.5, 0.6) is 5.75 Å². The zero-order chi connectivity index (χ0) is 17.1. The lowest BCUT2D eigenvalue weighted by Gasteiger charge is -2.11. The molecule has 3 N–H and O–H groups in total. The summed E-state index contributed by atoms with van der Waals surface area (Å²) in [4.78, 5) is 4.57. The Labute approximate surface area is 140 Å². The zero-order valence-corrected chi connectivity index (χ0v) is 13.7. The fraction of sp³-hybridized carbons (Fsp3) is 0.222. The quantitative estimate of drug-likeness (QED) is 0.727. The molecule has 0 atom stereocenters. The van der Waals surface area contributed by atoms with E-state index in [4.69, 9.17) is 5.73 Å². The second kappa shape index (κ2) is 6.62. The number of phenols is 1. The number of hydrogen-bond donors (Lipinski definition) is 2. The summed E-state index contributed by atoms with van der Waals surface area (Å²) in [5.74, 6) is 0.257. The molecular formula is C18H21N5O. The van der Waals surface area contributed by atoms with Crippen LogP contribution in [0.25, 0.3) is 0 Å². The van der Waals surface area contributed by atoms with Gasteiger partial charge < -0.3 is 15.4 Å². The summed E-state index contributed by atoms with van der Waals surface area (Å²) in [6.45, 7) is 4.45. The van der Waals surface area contributed by atoms with Gasteiger partial charge in [-0.05, 0) is 23.8 Å². The van der Waals surface area contributed by atoms with E-state index in [-0.39, 0.29) is 5.75 Å². The van der Waals surface area contributed by atoms with E-state index in [1.54, 1.807) is 18.3 Å². The van der Waals surface area contributed by atoms with Crippen LogP contribution in [-0.2, 0) is 26.4 Å². The summed E-state index contributed by atoms with van der Waals surface area (Å²) >= 11 is 0. The molecule has 0 spiro atoms. The molecule has 0 aliphatic carbocycles. The van der Waals surface area contributed by atoms with Crippen molar-refractivity contribution in [3.63, 3.8) is 0 Å². The summed E-state index contributed by atoms with van der Waals surface area (Å²) < 4.78 is 3.90. The van der Waals surface area contributed by atoms with Gasteiger partial charge in [0.05, 0.1) is 12.0 Å². The van der Waals surface area contributed by atoms with Gasteiger partial charge in [0.25, 0.3) is 0 Å². The first-order chi connectivity index (χ1) is 11.5. The van der Waals surface area contributed by atoms with Crippen LogP contribution < -0.4 is 5.73 Å². The highest BCUT2D eigenvalue weighted by Crippen LogP contribution is 2.18. The molecule has 2 heterocycles. The number of phenolic OH excluding ortho intramolecular Hbond substituents is 1. The highest BCUT2D eigenvalue weighted by molar-refractivity contribution is 5.29. The van der Waals surface area contributed by atoms with Crippen LogP contribution in [0.15, 0.2) is 55.1 Å². The maximum atomic E-state index is 9.64. The zero-order valence-electron chi connectivity index (χ0n) is 13.7. The van der Waals surface area contributed by atoms with Crippen molar-refractivity contribution in [1.82, 2.24) is 19.3 Å². The Balaban J connectivity index is 1.91. The second-order valence-electron chi connectivity index (χ2n) is 5.89. The number of nitrogens with zero attached hydrogens (tertiary/aromatic N) is 4. The van der Waals surface area contributed by atoms with Crippen molar-refractivity contribution in [2.45, 2.75) is 19.4 Å². The fourth-order valence-electron chi connectivity index (χ4n) is 2.75. The number of aromatic nitrogens is 4. The molecule has 3 aromatic rings. The summed E-state index contributed by atoms with van der Waals surface area (Å²) in [7, 11) is 1.92. The average Bonchev–Trinajstić information content (AvgIpc) is 3.08. The van der Waals surface area contributed by atoms with Gasteiger partial charge in [0.15, 0.2) is 0 Å². The summed E-state index contributed by atoms with van der Waals surface area (Å²) in [5.41, 5.74) is 10.5. The molecule has 0 aliphatic heterocycles. The number of aromatic hydroxyl groups is 1. The number of allylic oxidation sites excluding steroid dienone is 1. The van der Waals surface area contributed by atoms with Gasteiger partial charge in [-0.3, -0.25) is 4.68 Å². The van der Waals surface area contributed by atoms with Gasteiger partial charge in [-0.15, -0.1) is 0 Å². The smallest absolute Gasteiger partial charge is 0.115 e. The van der Waals surface area contributed by atoms with Gasteiger partial charge in [0.2, 0.25) is 0 Å². The Hall–Kier alpha value is -3.02. The highest BCUT2D eigenvalue weighted by atomic mass is 16.3. The predicted molar refractivity (Wildman–Crippen MR) is 92.5 cm³/mol. The third-order valence-corrected chi connectivity index (χ3v) is 3.96. The van der Waals surface area contributed by atoms with Crippen LogP contribution in [0.2, 0.25) is 0 Å². The lowest BCUT2D eigenvalue weighted by Crippen LogP contribution is -2.10. The summed E-state index contributed by atoms with van der Waals surface area (Å²) in [5, 5.41) is 13.8. The van der Waals surface area contributed by atoms with Crippen molar-refractivity contribution in [2.24, 2.45) is 12.8 Å². The second-order valence-corrected chi connectivity index (χ2v) is 5.89. The maximum Gasteiger partial charge on any atom is 0.115 e. The van der Waals surface area contributed by atoms with Crippen molar-refractivity contribution >= 4 is 0 Å². The van der Waals surface area contributed by atoms with Gasteiger partial charge in [0, 0.05) is 49.7 Å². The molecule has 6 nitrogen and oxygen atoms in total. The number of aryl methyl sites for hydroxylation is 1. The average molecular weight is 323 g/mol. The van der Waals surface area contributed by atoms with Crippen LogP contribution in [0, 0.1) is 0 Å². The molecule has 0 aliphatic rings. The van der Waals surface area contributed by atoms with E-state index in [0.29, 0.717) is 25.1 Å². The van der Waals surface area contributed by atoms with Crippen molar-refractivity contribution in [3.8, 4) is 5.75 Å². The third kappa shape index (κ3) is 3.48. The van der Waals surface area contributed by atoms with Crippen LogP contribution >= 0.6 is 0 Å². The van der Waals surface area contributed by atoms with Gasteiger partial charge in [-0.25, -0.2) is 4.98 Å². The molecular weight excluding hydrogens is 302 g/mol. The van der Waals surface area contributed by atoms with Crippen LogP contribution in [0.3, 0.4) is 0 Å². The molecule has 1 aromatic carbocycles. The Morgan fingerprint density at radius 2 is 2.17 bits per heavy atom. The van der Waals surface area contributed by atoms with E-state index in [9.17, 15) is 5.11 Å². The molecule has 0 amide bonds. The monoisotopic (exact) mass is 323 g/mol. The number of imidazole rings is 1. The Morgan fingerprint density at radius 3 is 2.83 bits per heavy atom. The highest BCUT2D eigenvalue weighted by Gasteiger charge is 2.14. The first-order valence-electron chi connectivity index (χ1n) is 7.74. The number of nitrogens with two attached hydrogens (primary N) is 1. The standard InChI is InChI=1S/C18H21N5O/c1-13(19)8-18-17(10-15-6-7-21-22(15)2)20-12-23(18)11-14-4-3-5-16(24)9-14/h3-7,9,12,24H,1,8,10-11,19H2,2H3. The summed E-state index contributed by atoms with van der Waals surface area (Å²) in [6.07, 6.45) is 4.84. The molecule has 0 radical (unpaired) electrons. The topological polar surface area (TPSA) is 81.9 Å². The van der Waals surface area contributed by atoms with Crippen LogP contribution in [0.4, 0.5) is 0 Å².